The van der Waals surface area contributed by atoms with Crippen molar-refractivity contribution in [3.63, 3.8) is 0 Å². The van der Waals surface area contributed by atoms with Crippen LogP contribution >= 0.6 is 11.8 Å². The molecule has 0 aliphatic carbocycles. The molecule has 1 aromatic carbocycles. The van der Waals surface area contributed by atoms with E-state index < -0.39 is 0 Å². The van der Waals surface area contributed by atoms with Gasteiger partial charge in [0.05, 0.1) is 0 Å². The Bertz CT molecular complexity index is 508. The van der Waals surface area contributed by atoms with Crippen molar-refractivity contribution in [2.75, 3.05) is 12.3 Å². The fourth-order valence-corrected chi connectivity index (χ4v) is 2.91. The second kappa shape index (κ2) is 6.78. The zero-order chi connectivity index (χ0) is 13.7. The van der Waals surface area contributed by atoms with E-state index in [1.807, 2.05) is 6.20 Å². The number of rotatable bonds is 6. The molecule has 0 spiro atoms. The highest BCUT2D eigenvalue weighted by Crippen LogP contribution is 2.23. The summed E-state index contributed by atoms with van der Waals surface area (Å²) in [5.41, 5.74) is 4.05. The number of aromatic amines is 1. The quantitative estimate of drug-likeness (QED) is 0.793. The Balaban J connectivity index is 2.07. The fraction of sp³-hybridized carbons (Fsp3) is 0.400. The van der Waals surface area contributed by atoms with Crippen molar-refractivity contribution in [1.82, 2.24) is 15.3 Å². The van der Waals surface area contributed by atoms with Crippen molar-refractivity contribution < 1.29 is 0 Å². The lowest BCUT2D eigenvalue weighted by Gasteiger charge is -2.18. The molecular formula is C15H21N3S. The summed E-state index contributed by atoms with van der Waals surface area (Å²) in [4.78, 5) is 7.38. The Kier molecular flexibility index (Phi) is 5.05. The lowest BCUT2D eigenvalue weighted by Crippen LogP contribution is -2.23. The molecule has 0 saturated carbocycles. The molecule has 4 heteroatoms. The monoisotopic (exact) mass is 275 g/mol. The molecule has 0 bridgehead atoms. The Morgan fingerprint density at radius 3 is 2.79 bits per heavy atom. The lowest BCUT2D eigenvalue weighted by molar-refractivity contribution is 0.605. The second-order valence-corrected chi connectivity index (χ2v) is 5.67. The summed E-state index contributed by atoms with van der Waals surface area (Å²) in [7, 11) is 0. The predicted molar refractivity (Wildman–Crippen MR) is 81.6 cm³/mol. The van der Waals surface area contributed by atoms with Crippen LogP contribution in [0, 0.1) is 13.8 Å². The molecule has 1 unspecified atom stereocenters. The van der Waals surface area contributed by atoms with E-state index in [1.165, 1.54) is 16.7 Å². The van der Waals surface area contributed by atoms with Crippen LogP contribution in [-0.4, -0.2) is 22.3 Å². The smallest absolute Gasteiger partial charge is 0.165 e. The van der Waals surface area contributed by atoms with Gasteiger partial charge in [-0.25, -0.2) is 4.98 Å². The van der Waals surface area contributed by atoms with Gasteiger partial charge in [-0.2, -0.15) is 0 Å². The van der Waals surface area contributed by atoms with Crippen molar-refractivity contribution in [3.05, 3.63) is 47.3 Å². The molecule has 3 nitrogen and oxygen atoms in total. The topological polar surface area (TPSA) is 40.7 Å². The zero-order valence-corrected chi connectivity index (χ0v) is 12.6. The molecule has 0 fully saturated rings. The summed E-state index contributed by atoms with van der Waals surface area (Å²) in [6.45, 7) is 7.43. The second-order valence-electron chi connectivity index (χ2n) is 4.66. The molecule has 0 aliphatic heterocycles. The standard InChI is InChI=1S/C15H21N3S/c1-4-16-14(10-19-15-17-7-8-18-15)13-6-5-11(2)12(3)9-13/h5-9,14,16H,4,10H2,1-3H3,(H,17,18). The number of hydrogen-bond donors (Lipinski definition) is 2. The molecule has 19 heavy (non-hydrogen) atoms. The van der Waals surface area contributed by atoms with Crippen LogP contribution in [0.1, 0.15) is 29.7 Å². The van der Waals surface area contributed by atoms with Crippen LogP contribution in [0.3, 0.4) is 0 Å². The van der Waals surface area contributed by atoms with Crippen molar-refractivity contribution in [2.45, 2.75) is 32.0 Å². The number of aryl methyl sites for hydroxylation is 2. The van der Waals surface area contributed by atoms with E-state index in [1.54, 1.807) is 18.0 Å². The first-order chi connectivity index (χ1) is 9.20. The van der Waals surface area contributed by atoms with Gasteiger partial charge in [-0.3, -0.25) is 0 Å². The van der Waals surface area contributed by atoms with E-state index in [0.29, 0.717) is 6.04 Å². The Morgan fingerprint density at radius 2 is 2.16 bits per heavy atom. The molecule has 0 aliphatic rings. The van der Waals surface area contributed by atoms with Gasteiger partial charge >= 0.3 is 0 Å². The number of nitrogens with one attached hydrogen (secondary N) is 2. The number of benzene rings is 1. The highest BCUT2D eigenvalue weighted by molar-refractivity contribution is 7.99. The third kappa shape index (κ3) is 3.85. The van der Waals surface area contributed by atoms with E-state index in [2.05, 4.69) is 54.3 Å². The highest BCUT2D eigenvalue weighted by atomic mass is 32.2. The normalized spacial score (nSPS) is 12.6. The van der Waals surface area contributed by atoms with Gasteiger partial charge in [0.2, 0.25) is 0 Å². The summed E-state index contributed by atoms with van der Waals surface area (Å²) in [5.74, 6) is 0.976. The zero-order valence-electron chi connectivity index (χ0n) is 11.7. The SMILES string of the molecule is CCNC(CSc1ncc[nH]1)c1ccc(C)c(C)c1. The van der Waals surface area contributed by atoms with Gasteiger partial charge < -0.3 is 10.3 Å². The first kappa shape index (κ1) is 14.2. The van der Waals surface area contributed by atoms with Gasteiger partial charge in [-0.05, 0) is 37.1 Å². The number of H-pyrrole nitrogens is 1. The summed E-state index contributed by atoms with van der Waals surface area (Å²) >= 11 is 1.75. The Labute approximate surface area is 119 Å². The van der Waals surface area contributed by atoms with Crippen LogP contribution < -0.4 is 5.32 Å². The summed E-state index contributed by atoms with van der Waals surface area (Å²) in [5, 5.41) is 4.52. The molecule has 102 valence electrons. The summed E-state index contributed by atoms with van der Waals surface area (Å²) in [6, 6.07) is 7.07. The Morgan fingerprint density at radius 1 is 1.32 bits per heavy atom. The molecule has 1 atom stereocenters. The van der Waals surface area contributed by atoms with E-state index in [0.717, 1.165) is 17.5 Å². The van der Waals surface area contributed by atoms with E-state index >= 15 is 0 Å². The van der Waals surface area contributed by atoms with Crippen molar-refractivity contribution in [1.29, 1.82) is 0 Å². The molecule has 2 N–H and O–H groups in total. The summed E-state index contributed by atoms with van der Waals surface area (Å²) in [6.07, 6.45) is 3.65. The van der Waals surface area contributed by atoms with Crippen LogP contribution in [0.5, 0.6) is 0 Å². The summed E-state index contributed by atoms with van der Waals surface area (Å²) < 4.78 is 0. The van der Waals surface area contributed by atoms with E-state index in [-0.39, 0.29) is 0 Å². The molecule has 1 heterocycles. The lowest BCUT2D eigenvalue weighted by atomic mass is 10.0. The number of nitrogens with zero attached hydrogens (tertiary/aromatic N) is 1. The number of thioether (sulfide) groups is 1. The fourth-order valence-electron chi connectivity index (χ4n) is 1.99. The average Bonchev–Trinajstić information content (AvgIpc) is 2.91. The average molecular weight is 275 g/mol. The maximum absolute atomic E-state index is 4.25. The first-order valence-electron chi connectivity index (χ1n) is 6.63. The van der Waals surface area contributed by atoms with Gasteiger partial charge in [0, 0.05) is 24.2 Å². The highest BCUT2D eigenvalue weighted by Gasteiger charge is 2.12. The largest absolute Gasteiger partial charge is 0.340 e. The van der Waals surface area contributed by atoms with E-state index in [9.17, 15) is 0 Å². The minimum atomic E-state index is 0.361. The van der Waals surface area contributed by atoms with Crippen LogP contribution in [0.2, 0.25) is 0 Å². The van der Waals surface area contributed by atoms with Crippen molar-refractivity contribution in [2.24, 2.45) is 0 Å². The molecule has 0 radical (unpaired) electrons. The van der Waals surface area contributed by atoms with Crippen LogP contribution in [-0.2, 0) is 0 Å². The predicted octanol–water partition coefficient (Wildman–Crippen LogP) is 3.47. The third-order valence-electron chi connectivity index (χ3n) is 3.24. The van der Waals surface area contributed by atoms with Gasteiger partial charge in [-0.15, -0.1) is 0 Å². The van der Waals surface area contributed by atoms with Gasteiger partial charge in [0.25, 0.3) is 0 Å². The van der Waals surface area contributed by atoms with Crippen LogP contribution in [0.15, 0.2) is 35.7 Å². The molecule has 2 aromatic rings. The van der Waals surface area contributed by atoms with Gasteiger partial charge in [-0.1, -0.05) is 36.9 Å². The third-order valence-corrected chi connectivity index (χ3v) is 4.24. The maximum atomic E-state index is 4.25. The molecule has 0 amide bonds. The maximum Gasteiger partial charge on any atom is 0.165 e. The minimum Gasteiger partial charge on any atom is -0.340 e. The van der Waals surface area contributed by atoms with E-state index in [4.69, 9.17) is 0 Å². The van der Waals surface area contributed by atoms with Crippen molar-refractivity contribution in [3.8, 4) is 0 Å². The van der Waals surface area contributed by atoms with Crippen LogP contribution in [0.25, 0.3) is 0 Å². The van der Waals surface area contributed by atoms with Gasteiger partial charge in [0.15, 0.2) is 5.16 Å². The molecule has 2 rings (SSSR count). The molecule has 0 saturated heterocycles. The first-order valence-corrected chi connectivity index (χ1v) is 7.62. The van der Waals surface area contributed by atoms with Gasteiger partial charge in [0.1, 0.15) is 0 Å². The molecule has 1 aromatic heterocycles. The number of aromatic nitrogens is 2. The van der Waals surface area contributed by atoms with Crippen molar-refractivity contribution >= 4 is 11.8 Å². The van der Waals surface area contributed by atoms with Crippen LogP contribution in [0.4, 0.5) is 0 Å². The minimum absolute atomic E-state index is 0.361. The number of imidazole rings is 1. The molecular weight excluding hydrogens is 254 g/mol. The Hall–Kier alpha value is -1.26. The number of hydrogen-bond acceptors (Lipinski definition) is 3.